The number of nitro benzene ring substituents is 1. The first-order valence-electron chi connectivity index (χ1n) is 9.56. The van der Waals surface area contributed by atoms with Gasteiger partial charge in [-0.1, -0.05) is 29.8 Å². The molecule has 1 aromatic heterocycles. The zero-order chi connectivity index (χ0) is 21.8. The van der Waals surface area contributed by atoms with Crippen molar-refractivity contribution in [2.45, 2.75) is 0 Å². The minimum absolute atomic E-state index is 0.00634. The van der Waals surface area contributed by atoms with Crippen molar-refractivity contribution >= 4 is 29.0 Å². The zero-order valence-electron chi connectivity index (χ0n) is 16.3. The quantitative estimate of drug-likeness (QED) is 0.440. The fraction of sp³-hybridized carbons (Fsp3) is 0.190. The van der Waals surface area contributed by atoms with Crippen LogP contribution in [-0.4, -0.2) is 52.1 Å². The predicted molar refractivity (Wildman–Crippen MR) is 115 cm³/mol. The molecule has 0 unspecified atom stereocenters. The van der Waals surface area contributed by atoms with Crippen molar-refractivity contribution in [2.24, 2.45) is 0 Å². The first-order valence-corrected chi connectivity index (χ1v) is 9.94. The second kappa shape index (κ2) is 8.97. The van der Waals surface area contributed by atoms with Crippen LogP contribution in [0.3, 0.4) is 0 Å². The van der Waals surface area contributed by atoms with Crippen LogP contribution in [0, 0.1) is 10.1 Å². The number of benzene rings is 2. The van der Waals surface area contributed by atoms with Crippen LogP contribution in [0.25, 0.3) is 0 Å². The van der Waals surface area contributed by atoms with Crippen LogP contribution in [-0.2, 0) is 0 Å². The van der Waals surface area contributed by atoms with E-state index < -0.39 is 10.8 Å². The van der Waals surface area contributed by atoms with E-state index in [-0.39, 0.29) is 16.3 Å². The molecule has 31 heavy (non-hydrogen) atoms. The molecular weight excluding hydrogens is 422 g/mol. The summed E-state index contributed by atoms with van der Waals surface area (Å²) >= 11 is 5.94. The molecule has 1 amide bonds. The molecule has 158 valence electrons. The van der Waals surface area contributed by atoms with E-state index in [1.54, 1.807) is 11.0 Å². The standard InChI is InChI=1S/C21H18ClN5O4/c22-15-6-7-18(27(29)30)17(14-15)21(28)26-12-10-25(11-13-26)19-8-9-20(24-23-19)31-16-4-2-1-3-5-16/h1-9,14H,10-13H2. The molecule has 2 heterocycles. The van der Waals surface area contributed by atoms with Gasteiger partial charge in [-0.15, -0.1) is 10.2 Å². The van der Waals surface area contributed by atoms with E-state index >= 15 is 0 Å². The second-order valence-electron chi connectivity index (χ2n) is 6.84. The summed E-state index contributed by atoms with van der Waals surface area (Å²) in [5, 5.41) is 19.9. The van der Waals surface area contributed by atoms with Gasteiger partial charge in [-0.25, -0.2) is 0 Å². The summed E-state index contributed by atoms with van der Waals surface area (Å²) < 4.78 is 5.65. The maximum absolute atomic E-state index is 12.8. The number of carbonyl (C=O) groups excluding carboxylic acids is 1. The lowest BCUT2D eigenvalue weighted by Gasteiger charge is -2.35. The summed E-state index contributed by atoms with van der Waals surface area (Å²) in [4.78, 5) is 27.1. The van der Waals surface area contributed by atoms with Gasteiger partial charge in [-0.2, -0.15) is 0 Å². The molecule has 4 rings (SSSR count). The molecule has 1 aliphatic rings. The van der Waals surface area contributed by atoms with Crippen molar-refractivity contribution in [1.29, 1.82) is 0 Å². The minimum Gasteiger partial charge on any atom is -0.438 e. The molecule has 0 atom stereocenters. The van der Waals surface area contributed by atoms with Crippen LogP contribution in [0.5, 0.6) is 11.6 Å². The van der Waals surface area contributed by atoms with Crippen molar-refractivity contribution in [1.82, 2.24) is 15.1 Å². The number of ether oxygens (including phenoxy) is 1. The highest BCUT2D eigenvalue weighted by Crippen LogP contribution is 2.25. The number of aromatic nitrogens is 2. The SMILES string of the molecule is O=C(c1cc(Cl)ccc1[N+](=O)[O-])N1CCN(c2ccc(Oc3ccccc3)nn2)CC1. The van der Waals surface area contributed by atoms with Gasteiger partial charge in [0, 0.05) is 43.3 Å². The van der Waals surface area contributed by atoms with Crippen molar-refractivity contribution in [2.75, 3.05) is 31.1 Å². The van der Waals surface area contributed by atoms with Gasteiger partial charge in [-0.05, 0) is 30.3 Å². The van der Waals surface area contributed by atoms with Crippen LogP contribution >= 0.6 is 11.6 Å². The summed E-state index contributed by atoms with van der Waals surface area (Å²) in [7, 11) is 0. The molecule has 0 spiro atoms. The van der Waals surface area contributed by atoms with E-state index in [0.29, 0.717) is 43.6 Å². The number of rotatable bonds is 5. The first kappa shape index (κ1) is 20.5. The average molecular weight is 440 g/mol. The summed E-state index contributed by atoms with van der Waals surface area (Å²) in [6.07, 6.45) is 0. The normalized spacial score (nSPS) is 13.7. The second-order valence-corrected chi connectivity index (χ2v) is 7.28. The first-order chi connectivity index (χ1) is 15.0. The number of anilines is 1. The lowest BCUT2D eigenvalue weighted by Crippen LogP contribution is -2.49. The summed E-state index contributed by atoms with van der Waals surface area (Å²) in [6.45, 7) is 1.83. The number of halogens is 1. The molecule has 1 aliphatic heterocycles. The van der Waals surface area contributed by atoms with E-state index in [4.69, 9.17) is 16.3 Å². The van der Waals surface area contributed by atoms with E-state index in [0.717, 1.165) is 0 Å². The molecular formula is C21H18ClN5O4. The van der Waals surface area contributed by atoms with Gasteiger partial charge in [0.1, 0.15) is 11.3 Å². The molecule has 0 radical (unpaired) electrons. The van der Waals surface area contributed by atoms with Crippen LogP contribution in [0.2, 0.25) is 5.02 Å². The number of nitro groups is 1. The monoisotopic (exact) mass is 439 g/mol. The van der Waals surface area contributed by atoms with Gasteiger partial charge in [0.2, 0.25) is 5.88 Å². The average Bonchev–Trinajstić information content (AvgIpc) is 2.80. The Labute approximate surface area is 183 Å². The van der Waals surface area contributed by atoms with E-state index in [9.17, 15) is 14.9 Å². The van der Waals surface area contributed by atoms with Gasteiger partial charge in [0.25, 0.3) is 11.6 Å². The van der Waals surface area contributed by atoms with Crippen LogP contribution < -0.4 is 9.64 Å². The minimum atomic E-state index is -0.575. The molecule has 1 fully saturated rings. The Hall–Kier alpha value is -3.72. The molecule has 0 bridgehead atoms. The molecule has 1 saturated heterocycles. The number of piperazine rings is 1. The fourth-order valence-electron chi connectivity index (χ4n) is 3.29. The number of hydrogen-bond donors (Lipinski definition) is 0. The molecule has 0 aliphatic carbocycles. The highest BCUT2D eigenvalue weighted by Gasteiger charge is 2.28. The van der Waals surface area contributed by atoms with Gasteiger partial charge >= 0.3 is 0 Å². The number of nitrogens with zero attached hydrogens (tertiary/aromatic N) is 5. The highest BCUT2D eigenvalue weighted by atomic mass is 35.5. The Balaban J connectivity index is 1.39. The Morgan fingerprint density at radius 2 is 1.74 bits per heavy atom. The maximum atomic E-state index is 12.8. The Bertz CT molecular complexity index is 1090. The predicted octanol–water partition coefficient (Wildman–Crippen LogP) is 3.79. The van der Waals surface area contributed by atoms with Gasteiger partial charge in [-0.3, -0.25) is 14.9 Å². The lowest BCUT2D eigenvalue weighted by atomic mass is 10.1. The van der Waals surface area contributed by atoms with Crippen molar-refractivity contribution in [3.63, 3.8) is 0 Å². The maximum Gasteiger partial charge on any atom is 0.282 e. The molecule has 0 saturated carbocycles. The van der Waals surface area contributed by atoms with Gasteiger partial charge in [0.15, 0.2) is 5.82 Å². The molecule has 10 heteroatoms. The third-order valence-electron chi connectivity index (χ3n) is 4.87. The summed E-state index contributed by atoms with van der Waals surface area (Å²) in [5.41, 5.74) is -0.259. The Morgan fingerprint density at radius 3 is 2.39 bits per heavy atom. The highest BCUT2D eigenvalue weighted by molar-refractivity contribution is 6.31. The van der Waals surface area contributed by atoms with Crippen molar-refractivity contribution in [3.8, 4) is 11.6 Å². The smallest absolute Gasteiger partial charge is 0.282 e. The summed E-state index contributed by atoms with van der Waals surface area (Å²) in [5.74, 6) is 1.32. The molecule has 2 aromatic carbocycles. The lowest BCUT2D eigenvalue weighted by molar-refractivity contribution is -0.385. The zero-order valence-corrected chi connectivity index (χ0v) is 17.1. The topological polar surface area (TPSA) is 102 Å². The van der Waals surface area contributed by atoms with Crippen LogP contribution in [0.15, 0.2) is 60.7 Å². The molecule has 3 aromatic rings. The molecule has 0 N–H and O–H groups in total. The van der Waals surface area contributed by atoms with Crippen molar-refractivity contribution in [3.05, 3.63) is 81.4 Å². The van der Waals surface area contributed by atoms with Crippen molar-refractivity contribution < 1.29 is 14.5 Å². The summed E-state index contributed by atoms with van der Waals surface area (Å²) in [6, 6.07) is 16.8. The number of amides is 1. The number of carbonyl (C=O) groups is 1. The van der Waals surface area contributed by atoms with E-state index in [1.807, 2.05) is 41.3 Å². The van der Waals surface area contributed by atoms with E-state index in [1.165, 1.54) is 18.2 Å². The third-order valence-corrected chi connectivity index (χ3v) is 5.10. The van der Waals surface area contributed by atoms with Crippen LogP contribution in [0.1, 0.15) is 10.4 Å². The fourth-order valence-corrected chi connectivity index (χ4v) is 3.47. The number of hydrogen-bond acceptors (Lipinski definition) is 7. The van der Waals surface area contributed by atoms with Gasteiger partial charge in [0.05, 0.1) is 4.92 Å². The third kappa shape index (κ3) is 4.72. The Kier molecular flexibility index (Phi) is 5.94. The van der Waals surface area contributed by atoms with Gasteiger partial charge < -0.3 is 14.5 Å². The largest absolute Gasteiger partial charge is 0.438 e. The van der Waals surface area contributed by atoms with Crippen LogP contribution in [0.4, 0.5) is 11.5 Å². The Morgan fingerprint density at radius 1 is 1.00 bits per heavy atom. The van der Waals surface area contributed by atoms with E-state index in [2.05, 4.69) is 10.2 Å². The number of para-hydroxylation sites is 1. The molecule has 9 nitrogen and oxygen atoms in total.